The van der Waals surface area contributed by atoms with Crippen LogP contribution in [-0.4, -0.2) is 60.8 Å². The molecule has 1 aliphatic carbocycles. The number of thioether (sulfide) groups is 1. The number of fused-ring (bicyclic) bond motifs is 2. The van der Waals surface area contributed by atoms with Crippen LogP contribution in [0.5, 0.6) is 5.75 Å². The van der Waals surface area contributed by atoms with Crippen molar-refractivity contribution in [2.24, 2.45) is 0 Å². The zero-order valence-electron chi connectivity index (χ0n) is 24.3. The van der Waals surface area contributed by atoms with Crippen LogP contribution in [0.4, 0.5) is 14.7 Å². The Bertz CT molecular complexity index is 1460. The summed E-state index contributed by atoms with van der Waals surface area (Å²) in [4.78, 5) is 10.3. The number of piperidine rings is 2. The lowest BCUT2D eigenvalue weighted by Crippen LogP contribution is -2.73. The van der Waals surface area contributed by atoms with Gasteiger partial charge in [0.2, 0.25) is 11.9 Å². The maximum atomic E-state index is 16.0. The van der Waals surface area contributed by atoms with Gasteiger partial charge in [0.1, 0.15) is 17.6 Å². The maximum Gasteiger partial charge on any atom is 0.245 e. The van der Waals surface area contributed by atoms with E-state index in [1.807, 2.05) is 11.8 Å². The van der Waals surface area contributed by atoms with Gasteiger partial charge in [-0.15, -0.1) is 22.0 Å². The number of halogens is 2. The number of nitrogens with one attached hydrogen (secondary N) is 1. The van der Waals surface area contributed by atoms with Gasteiger partial charge in [-0.25, -0.2) is 14.4 Å². The van der Waals surface area contributed by atoms with Gasteiger partial charge < -0.3 is 15.3 Å². The maximum absolute atomic E-state index is 16.0. The lowest BCUT2D eigenvalue weighted by Gasteiger charge is -2.57. The van der Waals surface area contributed by atoms with Gasteiger partial charge in [-0.05, 0) is 87.9 Å². The van der Waals surface area contributed by atoms with Crippen molar-refractivity contribution in [3.05, 3.63) is 42.5 Å². The summed E-state index contributed by atoms with van der Waals surface area (Å²) < 4.78 is 52.4. The molecule has 3 aliphatic rings. The number of phenolic OH excluding ortho intramolecular Hbond substituents is 1. The van der Waals surface area contributed by atoms with E-state index in [2.05, 4.69) is 32.4 Å². The fraction of sp³-hybridized carbons (Fsp3) is 0.500. The molecule has 4 heterocycles. The molecule has 1 saturated carbocycles. The summed E-state index contributed by atoms with van der Waals surface area (Å²) in [6.45, 7) is 4.16. The molecule has 3 fully saturated rings. The third-order valence-corrected chi connectivity index (χ3v) is 8.60. The summed E-state index contributed by atoms with van der Waals surface area (Å²) in [6.07, 6.45) is 3.46. The van der Waals surface area contributed by atoms with Crippen molar-refractivity contribution in [1.82, 2.24) is 25.5 Å². The molecule has 1 aromatic carbocycles. The quantitative estimate of drug-likeness (QED) is 0.311. The Morgan fingerprint density at radius 1 is 1.16 bits per heavy atom. The average molecular weight is 542 g/mol. The Morgan fingerprint density at radius 2 is 2.00 bits per heavy atom. The van der Waals surface area contributed by atoms with Gasteiger partial charge >= 0.3 is 0 Å². The van der Waals surface area contributed by atoms with Gasteiger partial charge in [0.25, 0.3) is 0 Å². The molecule has 7 nitrogen and oxygen atoms in total. The molecule has 38 heavy (non-hydrogen) atoms. The van der Waals surface area contributed by atoms with Gasteiger partial charge in [-0.1, -0.05) is 6.07 Å². The highest BCUT2D eigenvalue weighted by Gasteiger charge is 2.56. The number of hydrogen-bond donors (Lipinski definition) is 2. The van der Waals surface area contributed by atoms with Crippen molar-refractivity contribution < 1.29 is 18.0 Å². The second-order valence-electron chi connectivity index (χ2n) is 11.3. The van der Waals surface area contributed by atoms with Crippen LogP contribution in [0.3, 0.4) is 0 Å². The molecule has 0 radical (unpaired) electrons. The van der Waals surface area contributed by atoms with E-state index < -0.39 is 23.8 Å². The summed E-state index contributed by atoms with van der Waals surface area (Å²) in [5.41, 5.74) is 0.840. The minimum Gasteiger partial charge on any atom is -0.507 e. The molecule has 2 N–H and O–H groups in total. The number of nitrogens with zero attached hydrogens (tertiary/aromatic N) is 5. The van der Waals surface area contributed by atoms with E-state index in [-0.39, 0.29) is 28.4 Å². The van der Waals surface area contributed by atoms with E-state index in [1.165, 1.54) is 24.4 Å². The van der Waals surface area contributed by atoms with Gasteiger partial charge in [0, 0.05) is 32.9 Å². The van der Waals surface area contributed by atoms with Crippen molar-refractivity contribution in [3.63, 3.8) is 0 Å². The van der Waals surface area contributed by atoms with E-state index in [0.717, 1.165) is 32.1 Å². The topological polar surface area (TPSA) is 87.1 Å². The predicted octanol–water partition coefficient (Wildman–Crippen LogP) is 5.54. The summed E-state index contributed by atoms with van der Waals surface area (Å²) in [5, 5.41) is 23.2. The highest BCUT2D eigenvalue weighted by Crippen LogP contribution is 2.46. The summed E-state index contributed by atoms with van der Waals surface area (Å²) in [6, 6.07) is 7.20. The van der Waals surface area contributed by atoms with Crippen LogP contribution in [0.15, 0.2) is 41.6 Å². The first-order chi connectivity index (χ1) is 19.3. The molecule has 0 amide bonds. The molecule has 0 spiro atoms. The molecule has 2 bridgehead atoms. The van der Waals surface area contributed by atoms with Gasteiger partial charge in [-0.2, -0.15) is 4.39 Å². The van der Waals surface area contributed by atoms with Crippen LogP contribution in [0.25, 0.3) is 22.4 Å². The first-order valence-corrected chi connectivity index (χ1v) is 13.8. The van der Waals surface area contributed by atoms with Crippen LogP contribution in [-0.2, 0) is 0 Å². The third kappa shape index (κ3) is 4.62. The molecule has 6 rings (SSSR count). The zero-order chi connectivity index (χ0) is 29.2. The van der Waals surface area contributed by atoms with Crippen molar-refractivity contribution in [2.75, 3.05) is 11.1 Å². The first kappa shape index (κ1) is 22.0. The normalized spacial score (nSPS) is 30.3. The summed E-state index contributed by atoms with van der Waals surface area (Å²) in [5.74, 6) is -0.554. The highest BCUT2D eigenvalue weighted by atomic mass is 32.2. The van der Waals surface area contributed by atoms with Crippen LogP contribution in [0.2, 0.25) is 0 Å². The van der Waals surface area contributed by atoms with Crippen molar-refractivity contribution in [3.8, 4) is 28.1 Å². The monoisotopic (exact) mass is 541 g/mol. The molecule has 3 aromatic rings. The zero-order valence-corrected chi connectivity index (χ0v) is 22.1. The number of rotatable bonds is 6. The Kier molecular flexibility index (Phi) is 5.45. The first-order valence-electron chi connectivity index (χ1n) is 14.4. The van der Waals surface area contributed by atoms with Gasteiger partial charge in [0.05, 0.1) is 17.3 Å². The largest absolute Gasteiger partial charge is 0.507 e. The Balaban J connectivity index is 1.26. The number of phenols is 1. The molecule has 4 atom stereocenters. The molecule has 200 valence electrons. The number of benzene rings is 1. The SMILES string of the molecule is [2H]C([2H])([2H])Sc1cc(-c2ccc(-c3cnc(N(C4CC4)[C@H]4C[C@]5(C)CCC[C@@](C)(N5)[C@H]4F)nn3)c(O)c2)cc(F)n1. The number of aromatic nitrogens is 4. The molecule has 10 heteroatoms. The minimum atomic E-state index is -2.37. The second kappa shape index (κ2) is 9.41. The van der Waals surface area contributed by atoms with Crippen molar-refractivity contribution in [2.45, 2.75) is 86.7 Å². The number of pyridine rings is 1. The van der Waals surface area contributed by atoms with Gasteiger partial charge in [0.15, 0.2) is 0 Å². The average Bonchev–Trinajstić information content (AvgIpc) is 3.71. The molecule has 2 aliphatic heterocycles. The number of alkyl halides is 1. The van der Waals surface area contributed by atoms with E-state index in [4.69, 9.17) is 4.11 Å². The molecule has 2 saturated heterocycles. The Morgan fingerprint density at radius 3 is 2.71 bits per heavy atom. The molecular formula is C28H32F2N6OS. The Hall–Kier alpha value is -2.85. The van der Waals surface area contributed by atoms with Crippen molar-refractivity contribution in [1.29, 1.82) is 0 Å². The lowest BCUT2D eigenvalue weighted by atomic mass is 9.68. The predicted molar refractivity (Wildman–Crippen MR) is 144 cm³/mol. The second-order valence-corrected chi connectivity index (χ2v) is 11.9. The number of hydrogen-bond acceptors (Lipinski definition) is 8. The van der Waals surface area contributed by atoms with E-state index >= 15 is 4.39 Å². The number of aromatic hydroxyl groups is 1. The summed E-state index contributed by atoms with van der Waals surface area (Å²) in [7, 11) is 0. The van der Waals surface area contributed by atoms with Gasteiger partial charge in [-0.3, -0.25) is 0 Å². The smallest absolute Gasteiger partial charge is 0.245 e. The fourth-order valence-electron chi connectivity index (χ4n) is 6.31. The fourth-order valence-corrected chi connectivity index (χ4v) is 6.63. The third-order valence-electron chi connectivity index (χ3n) is 8.18. The standard InChI is InChI=1S/C28H32F2N6OS/c1-27-9-4-10-28(2,35-27)25(30)21(14-27)36(18-6-7-18)26-31-15-20(33-34-26)19-8-5-16(11-22(19)37)17-12-23(29)32-24(13-17)38-3/h5,8,11-13,15,18,21,25,35,37H,4,6-7,9-10,14H2,1-3H3/t21-,25-,27-,28+/m0/s1/i3D3. The molecule has 2 aromatic heterocycles. The van der Waals surface area contributed by atoms with Crippen LogP contribution in [0.1, 0.15) is 56.5 Å². The van der Waals surface area contributed by atoms with Crippen LogP contribution in [0, 0.1) is 5.95 Å². The molecule has 0 unspecified atom stereocenters. The lowest BCUT2D eigenvalue weighted by molar-refractivity contribution is 0.0000874. The minimum absolute atomic E-state index is 0.0188. The van der Waals surface area contributed by atoms with Crippen LogP contribution >= 0.6 is 11.8 Å². The summed E-state index contributed by atoms with van der Waals surface area (Å²) >= 11 is 0.481. The van der Waals surface area contributed by atoms with E-state index in [9.17, 15) is 9.50 Å². The Labute approximate surface area is 229 Å². The molecular weight excluding hydrogens is 506 g/mol. The van der Waals surface area contributed by atoms with Crippen molar-refractivity contribution >= 4 is 17.7 Å². The highest BCUT2D eigenvalue weighted by molar-refractivity contribution is 7.98. The van der Waals surface area contributed by atoms with E-state index in [0.29, 0.717) is 46.5 Å². The van der Waals surface area contributed by atoms with E-state index in [1.54, 1.807) is 12.1 Å². The number of anilines is 1. The van der Waals surface area contributed by atoms with Crippen LogP contribution < -0.4 is 10.2 Å².